The lowest BCUT2D eigenvalue weighted by Gasteiger charge is -1.90. The molecule has 0 amide bonds. The van der Waals surface area contributed by atoms with Crippen molar-refractivity contribution in [3.8, 4) is 0 Å². The maximum atomic E-state index is 10.4. The molecule has 1 heterocycles. The van der Waals surface area contributed by atoms with Crippen molar-refractivity contribution in [3.05, 3.63) is 22.2 Å². The zero-order valence-corrected chi connectivity index (χ0v) is 5.66. The van der Waals surface area contributed by atoms with Gasteiger partial charge in [-0.15, -0.1) is 0 Å². The molecule has 0 saturated heterocycles. The largest absolute Gasteiger partial charge is 0.346 e. The van der Waals surface area contributed by atoms with Crippen molar-refractivity contribution in [2.45, 2.75) is 11.9 Å². The molecule has 0 aromatic carbocycles. The first kappa shape index (κ1) is 6.22. The number of H-pyrrole nitrogens is 1. The van der Waals surface area contributed by atoms with Gasteiger partial charge in [0.15, 0.2) is 0 Å². The topological polar surface area (TPSA) is 45.8 Å². The van der Waals surface area contributed by atoms with Crippen LogP contribution in [0.1, 0.15) is 5.56 Å². The maximum absolute atomic E-state index is 10.4. The maximum Gasteiger partial charge on any atom is 0.346 e. The van der Waals surface area contributed by atoms with Crippen molar-refractivity contribution in [2.75, 3.05) is 0 Å². The number of aromatic nitrogens is 2. The minimum atomic E-state index is -0.384. The van der Waals surface area contributed by atoms with Gasteiger partial charge < -0.3 is 4.98 Å². The second-order valence-electron chi connectivity index (χ2n) is 1.69. The predicted molar refractivity (Wildman–Crippen MR) is 35.5 cm³/mol. The molecule has 0 aliphatic rings. The van der Waals surface area contributed by atoms with E-state index in [9.17, 15) is 4.79 Å². The SMILES string of the molecule is Cc1c[nH]c(=O)nc1[S]. The van der Waals surface area contributed by atoms with Crippen molar-refractivity contribution in [3.63, 3.8) is 0 Å². The van der Waals surface area contributed by atoms with E-state index in [0.29, 0.717) is 5.03 Å². The summed E-state index contributed by atoms with van der Waals surface area (Å²) >= 11 is 4.71. The average molecular weight is 141 g/mol. The molecule has 0 aliphatic heterocycles. The molecule has 1 radical (unpaired) electrons. The fourth-order valence-corrected chi connectivity index (χ4v) is 0.586. The van der Waals surface area contributed by atoms with Crippen LogP contribution >= 0.6 is 12.6 Å². The summed E-state index contributed by atoms with van der Waals surface area (Å²) in [6.45, 7) is 1.80. The lowest BCUT2D eigenvalue weighted by atomic mass is 10.4. The normalized spacial score (nSPS) is 9.44. The van der Waals surface area contributed by atoms with Gasteiger partial charge in [0, 0.05) is 11.8 Å². The van der Waals surface area contributed by atoms with Crippen LogP contribution in [0.4, 0.5) is 0 Å². The zero-order valence-electron chi connectivity index (χ0n) is 4.84. The Morgan fingerprint density at radius 1 is 1.78 bits per heavy atom. The third kappa shape index (κ3) is 1.26. The number of nitrogens with one attached hydrogen (secondary N) is 1. The smallest absolute Gasteiger partial charge is 0.312 e. The van der Waals surface area contributed by atoms with Crippen molar-refractivity contribution < 1.29 is 0 Å². The second kappa shape index (κ2) is 2.14. The first-order chi connectivity index (χ1) is 4.20. The highest BCUT2D eigenvalue weighted by Crippen LogP contribution is 2.02. The summed E-state index contributed by atoms with van der Waals surface area (Å²) in [5.41, 5.74) is 0.440. The van der Waals surface area contributed by atoms with E-state index in [1.165, 1.54) is 0 Å². The molecule has 0 spiro atoms. The highest BCUT2D eigenvalue weighted by Gasteiger charge is 1.93. The van der Waals surface area contributed by atoms with Gasteiger partial charge in [0.05, 0.1) is 0 Å². The van der Waals surface area contributed by atoms with Gasteiger partial charge >= 0.3 is 5.69 Å². The summed E-state index contributed by atoms with van der Waals surface area (Å²) in [4.78, 5) is 16.3. The number of hydrogen-bond acceptors (Lipinski definition) is 2. The fraction of sp³-hybridized carbons (Fsp3) is 0.200. The summed E-state index contributed by atoms with van der Waals surface area (Å²) in [5.74, 6) is 0. The van der Waals surface area contributed by atoms with Crippen molar-refractivity contribution in [1.82, 2.24) is 9.97 Å². The van der Waals surface area contributed by atoms with Crippen LogP contribution in [0.3, 0.4) is 0 Å². The molecule has 4 heteroatoms. The Morgan fingerprint density at radius 2 is 2.44 bits per heavy atom. The van der Waals surface area contributed by atoms with Crippen LogP contribution in [-0.4, -0.2) is 9.97 Å². The van der Waals surface area contributed by atoms with E-state index in [2.05, 4.69) is 9.97 Å². The Bertz CT molecular complexity index is 268. The van der Waals surface area contributed by atoms with E-state index in [-0.39, 0.29) is 5.69 Å². The van der Waals surface area contributed by atoms with Crippen LogP contribution in [-0.2, 0) is 0 Å². The molecule has 3 nitrogen and oxygen atoms in total. The predicted octanol–water partition coefficient (Wildman–Crippen LogP) is 0.635. The zero-order chi connectivity index (χ0) is 6.85. The molecular formula is C5H5N2OS. The quantitative estimate of drug-likeness (QED) is 0.539. The lowest BCUT2D eigenvalue weighted by molar-refractivity contribution is 0.951. The monoisotopic (exact) mass is 141 g/mol. The first-order valence-corrected chi connectivity index (χ1v) is 2.84. The Balaban J connectivity index is 3.34. The molecule has 1 N–H and O–H groups in total. The van der Waals surface area contributed by atoms with E-state index in [1.54, 1.807) is 13.1 Å². The summed E-state index contributed by atoms with van der Waals surface area (Å²) in [7, 11) is 0. The molecule has 0 aliphatic carbocycles. The van der Waals surface area contributed by atoms with Crippen LogP contribution in [0, 0.1) is 6.92 Å². The van der Waals surface area contributed by atoms with Gasteiger partial charge in [0.1, 0.15) is 5.03 Å². The minimum absolute atomic E-state index is 0.374. The number of rotatable bonds is 0. The van der Waals surface area contributed by atoms with Crippen LogP contribution in [0.2, 0.25) is 0 Å². The van der Waals surface area contributed by atoms with Gasteiger partial charge in [0.2, 0.25) is 0 Å². The molecular weight excluding hydrogens is 136 g/mol. The highest BCUT2D eigenvalue weighted by atomic mass is 32.1. The number of aryl methyl sites for hydroxylation is 1. The van der Waals surface area contributed by atoms with Gasteiger partial charge in [-0.2, -0.15) is 4.98 Å². The summed E-state index contributed by atoms with van der Waals surface area (Å²) < 4.78 is 0. The molecule has 1 aromatic rings. The average Bonchev–Trinajstić information content (AvgIpc) is 1.80. The third-order valence-corrected chi connectivity index (χ3v) is 1.37. The molecule has 0 bridgehead atoms. The molecule has 9 heavy (non-hydrogen) atoms. The van der Waals surface area contributed by atoms with Gasteiger partial charge in [-0.1, -0.05) is 12.6 Å². The number of nitrogens with zero attached hydrogens (tertiary/aromatic N) is 1. The minimum Gasteiger partial charge on any atom is -0.312 e. The number of aromatic amines is 1. The summed E-state index contributed by atoms with van der Waals surface area (Å²) in [6, 6.07) is 0. The molecule has 47 valence electrons. The second-order valence-corrected chi connectivity index (χ2v) is 2.08. The summed E-state index contributed by atoms with van der Waals surface area (Å²) in [6.07, 6.45) is 1.55. The third-order valence-electron chi connectivity index (χ3n) is 0.953. The van der Waals surface area contributed by atoms with Gasteiger partial charge in [-0.3, -0.25) is 0 Å². The van der Waals surface area contributed by atoms with E-state index in [1.807, 2.05) is 0 Å². The van der Waals surface area contributed by atoms with Crippen LogP contribution in [0.5, 0.6) is 0 Å². The molecule has 1 rings (SSSR count). The van der Waals surface area contributed by atoms with Crippen LogP contribution in [0.15, 0.2) is 16.0 Å². The van der Waals surface area contributed by atoms with Crippen molar-refractivity contribution in [2.24, 2.45) is 0 Å². The van der Waals surface area contributed by atoms with E-state index < -0.39 is 0 Å². The Labute approximate surface area is 57.6 Å². The molecule has 0 fully saturated rings. The van der Waals surface area contributed by atoms with Crippen LogP contribution in [0.25, 0.3) is 0 Å². The Hall–Kier alpha value is -0.900. The Morgan fingerprint density at radius 3 is 2.89 bits per heavy atom. The molecule has 0 atom stereocenters. The first-order valence-electron chi connectivity index (χ1n) is 2.43. The lowest BCUT2D eigenvalue weighted by Crippen LogP contribution is -2.09. The fourth-order valence-electron chi connectivity index (χ4n) is 0.444. The van der Waals surface area contributed by atoms with E-state index in [4.69, 9.17) is 12.6 Å². The standard InChI is InChI=1S/C5H5N2OS/c1-3-2-6-5(8)7-4(3)9/h2H,1H3,(H,6,7,8). The highest BCUT2D eigenvalue weighted by molar-refractivity contribution is 7.80. The van der Waals surface area contributed by atoms with Gasteiger partial charge in [-0.25, -0.2) is 4.79 Å². The summed E-state index contributed by atoms with van der Waals surface area (Å²) in [5, 5.41) is 0.374. The molecule has 0 saturated carbocycles. The van der Waals surface area contributed by atoms with E-state index >= 15 is 0 Å². The van der Waals surface area contributed by atoms with E-state index in [0.717, 1.165) is 5.56 Å². The van der Waals surface area contributed by atoms with Crippen molar-refractivity contribution >= 4 is 12.6 Å². The van der Waals surface area contributed by atoms with Crippen LogP contribution < -0.4 is 5.69 Å². The Kier molecular flexibility index (Phi) is 1.48. The van der Waals surface area contributed by atoms with Gasteiger partial charge in [0.25, 0.3) is 0 Å². The van der Waals surface area contributed by atoms with Gasteiger partial charge in [-0.05, 0) is 6.92 Å². The molecule has 0 unspecified atom stereocenters. The number of hydrogen-bond donors (Lipinski definition) is 1. The molecule has 1 aromatic heterocycles. The van der Waals surface area contributed by atoms with Crippen molar-refractivity contribution in [1.29, 1.82) is 0 Å².